The first-order chi connectivity index (χ1) is 9.02. The van der Waals surface area contributed by atoms with E-state index in [-0.39, 0.29) is 5.82 Å². The van der Waals surface area contributed by atoms with Crippen LogP contribution in [0.15, 0.2) is 12.1 Å². The number of aryl methyl sites for hydroxylation is 1. The molecule has 2 heteroatoms. The Labute approximate surface area is 116 Å². The molecule has 106 valence electrons. The average molecular weight is 263 g/mol. The lowest BCUT2D eigenvalue weighted by Crippen LogP contribution is -2.34. The van der Waals surface area contributed by atoms with Crippen LogP contribution in [0.2, 0.25) is 0 Å². The molecule has 0 unspecified atom stereocenters. The average Bonchev–Trinajstić information content (AvgIpc) is 2.41. The van der Waals surface area contributed by atoms with Crippen LogP contribution in [0.3, 0.4) is 0 Å². The van der Waals surface area contributed by atoms with Crippen molar-refractivity contribution in [3.63, 3.8) is 0 Å². The maximum atomic E-state index is 14.3. The van der Waals surface area contributed by atoms with Gasteiger partial charge in [0.25, 0.3) is 0 Å². The Morgan fingerprint density at radius 3 is 2.42 bits per heavy atom. The van der Waals surface area contributed by atoms with E-state index in [0.717, 1.165) is 30.3 Å². The molecule has 1 fully saturated rings. The second kappa shape index (κ2) is 5.94. The fraction of sp³-hybridized carbons (Fsp3) is 0.647. The van der Waals surface area contributed by atoms with Crippen LogP contribution in [0.25, 0.3) is 0 Å². The molecule has 1 heterocycles. The lowest BCUT2D eigenvalue weighted by molar-refractivity contribution is 0.392. The zero-order chi connectivity index (χ0) is 14.0. The van der Waals surface area contributed by atoms with Gasteiger partial charge in [-0.25, -0.2) is 4.39 Å². The monoisotopic (exact) mass is 263 g/mol. The minimum Gasteiger partial charge on any atom is -0.369 e. The number of nitrogens with zero attached hydrogens (tertiary/aromatic N) is 1. The third-order valence-corrected chi connectivity index (χ3v) is 4.49. The van der Waals surface area contributed by atoms with Gasteiger partial charge in [0.05, 0.1) is 5.69 Å². The molecule has 0 atom stereocenters. The highest BCUT2D eigenvalue weighted by Crippen LogP contribution is 2.31. The van der Waals surface area contributed by atoms with E-state index in [9.17, 15) is 4.39 Å². The quantitative estimate of drug-likeness (QED) is 0.751. The van der Waals surface area contributed by atoms with Gasteiger partial charge in [0.15, 0.2) is 0 Å². The third-order valence-electron chi connectivity index (χ3n) is 4.49. The Bertz CT molecular complexity index is 431. The summed E-state index contributed by atoms with van der Waals surface area (Å²) in [4.78, 5) is 2.22. The standard InChI is InChI=1S/C17H26FN/c1-5-14-6-8-19(9-7-14)17-10-13(4)15(12(2)3)11-16(17)18/h10-12,14H,5-9H2,1-4H3. The van der Waals surface area contributed by atoms with Gasteiger partial charge in [0.1, 0.15) is 5.82 Å². The first-order valence-corrected chi connectivity index (χ1v) is 7.57. The van der Waals surface area contributed by atoms with E-state index >= 15 is 0 Å². The summed E-state index contributed by atoms with van der Waals surface area (Å²) >= 11 is 0. The first-order valence-electron chi connectivity index (χ1n) is 7.57. The van der Waals surface area contributed by atoms with Gasteiger partial charge in [-0.3, -0.25) is 0 Å². The van der Waals surface area contributed by atoms with Gasteiger partial charge in [-0.05, 0) is 54.9 Å². The van der Waals surface area contributed by atoms with Crippen LogP contribution < -0.4 is 4.90 Å². The van der Waals surface area contributed by atoms with E-state index in [1.54, 1.807) is 6.07 Å². The molecule has 1 saturated heterocycles. The Kier molecular flexibility index (Phi) is 4.49. The molecule has 2 rings (SSSR count). The zero-order valence-corrected chi connectivity index (χ0v) is 12.7. The number of halogens is 1. The topological polar surface area (TPSA) is 3.24 Å². The van der Waals surface area contributed by atoms with Crippen molar-refractivity contribution in [1.29, 1.82) is 0 Å². The molecule has 0 N–H and O–H groups in total. The summed E-state index contributed by atoms with van der Waals surface area (Å²) in [7, 11) is 0. The number of benzene rings is 1. The summed E-state index contributed by atoms with van der Waals surface area (Å²) in [6.45, 7) is 10.6. The third kappa shape index (κ3) is 3.10. The second-order valence-electron chi connectivity index (χ2n) is 6.15. The summed E-state index contributed by atoms with van der Waals surface area (Å²) in [6, 6.07) is 3.78. The molecule has 0 saturated carbocycles. The molecule has 0 bridgehead atoms. The second-order valence-corrected chi connectivity index (χ2v) is 6.15. The number of anilines is 1. The predicted molar refractivity (Wildman–Crippen MR) is 80.5 cm³/mol. The maximum Gasteiger partial charge on any atom is 0.146 e. The van der Waals surface area contributed by atoms with Gasteiger partial charge in [-0.2, -0.15) is 0 Å². The molecular weight excluding hydrogens is 237 g/mol. The van der Waals surface area contributed by atoms with Gasteiger partial charge in [0, 0.05) is 13.1 Å². The summed E-state index contributed by atoms with van der Waals surface area (Å²) in [5, 5.41) is 0. The fourth-order valence-electron chi connectivity index (χ4n) is 3.13. The molecule has 0 radical (unpaired) electrons. The largest absolute Gasteiger partial charge is 0.369 e. The molecule has 1 aliphatic rings. The molecular formula is C17H26FN. The molecule has 0 aromatic heterocycles. The van der Waals surface area contributed by atoms with E-state index in [1.807, 2.05) is 6.07 Å². The summed E-state index contributed by atoms with van der Waals surface area (Å²) in [5.74, 6) is 1.16. The minimum absolute atomic E-state index is 0.0516. The van der Waals surface area contributed by atoms with Crippen molar-refractivity contribution < 1.29 is 4.39 Å². The summed E-state index contributed by atoms with van der Waals surface area (Å²) in [5.41, 5.74) is 3.14. The first kappa shape index (κ1) is 14.4. The van der Waals surface area contributed by atoms with Crippen molar-refractivity contribution >= 4 is 5.69 Å². The lowest BCUT2D eigenvalue weighted by atomic mass is 9.93. The molecule has 1 aromatic rings. The number of piperidine rings is 1. The van der Waals surface area contributed by atoms with Crippen molar-refractivity contribution in [2.45, 2.75) is 52.9 Å². The molecule has 0 amide bonds. The van der Waals surface area contributed by atoms with Crippen molar-refractivity contribution in [2.24, 2.45) is 5.92 Å². The molecule has 19 heavy (non-hydrogen) atoms. The highest BCUT2D eigenvalue weighted by molar-refractivity contribution is 5.53. The summed E-state index contributed by atoms with van der Waals surface area (Å²) < 4.78 is 14.3. The van der Waals surface area contributed by atoms with Crippen LogP contribution >= 0.6 is 0 Å². The molecule has 1 aromatic carbocycles. The van der Waals surface area contributed by atoms with Gasteiger partial charge in [-0.1, -0.05) is 27.2 Å². The predicted octanol–water partition coefficient (Wildman–Crippen LogP) is 4.88. The minimum atomic E-state index is -0.0516. The lowest BCUT2D eigenvalue weighted by Gasteiger charge is -2.34. The van der Waals surface area contributed by atoms with Crippen LogP contribution in [0.4, 0.5) is 10.1 Å². The van der Waals surface area contributed by atoms with E-state index in [2.05, 4.69) is 32.6 Å². The van der Waals surface area contributed by atoms with E-state index in [0.29, 0.717) is 5.92 Å². The smallest absolute Gasteiger partial charge is 0.146 e. The highest BCUT2D eigenvalue weighted by Gasteiger charge is 2.21. The van der Waals surface area contributed by atoms with Crippen molar-refractivity contribution in [3.05, 3.63) is 29.1 Å². The molecule has 1 aliphatic heterocycles. The molecule has 0 spiro atoms. The number of hydrogen-bond donors (Lipinski definition) is 0. The van der Waals surface area contributed by atoms with Crippen molar-refractivity contribution in [2.75, 3.05) is 18.0 Å². The van der Waals surface area contributed by atoms with Gasteiger partial charge < -0.3 is 4.90 Å². The molecule has 1 nitrogen and oxygen atoms in total. The highest BCUT2D eigenvalue weighted by atomic mass is 19.1. The Morgan fingerprint density at radius 1 is 1.26 bits per heavy atom. The van der Waals surface area contributed by atoms with Crippen molar-refractivity contribution in [3.8, 4) is 0 Å². The van der Waals surface area contributed by atoms with Gasteiger partial charge >= 0.3 is 0 Å². The zero-order valence-electron chi connectivity index (χ0n) is 12.7. The van der Waals surface area contributed by atoms with Crippen LogP contribution in [0.1, 0.15) is 57.1 Å². The van der Waals surface area contributed by atoms with Gasteiger partial charge in [-0.15, -0.1) is 0 Å². The Hall–Kier alpha value is -1.05. The Morgan fingerprint density at radius 2 is 1.89 bits per heavy atom. The SMILES string of the molecule is CCC1CCN(c2cc(C)c(C(C)C)cc2F)CC1. The van der Waals surface area contributed by atoms with Crippen LogP contribution in [0, 0.1) is 18.7 Å². The van der Waals surface area contributed by atoms with E-state index in [4.69, 9.17) is 0 Å². The maximum absolute atomic E-state index is 14.3. The number of hydrogen-bond acceptors (Lipinski definition) is 1. The van der Waals surface area contributed by atoms with Crippen molar-refractivity contribution in [1.82, 2.24) is 0 Å². The fourth-order valence-corrected chi connectivity index (χ4v) is 3.13. The number of rotatable bonds is 3. The van der Waals surface area contributed by atoms with E-state index < -0.39 is 0 Å². The molecule has 0 aliphatic carbocycles. The van der Waals surface area contributed by atoms with Crippen LogP contribution in [-0.4, -0.2) is 13.1 Å². The normalized spacial score (nSPS) is 17.3. The Balaban J connectivity index is 2.19. The van der Waals surface area contributed by atoms with Gasteiger partial charge in [0.2, 0.25) is 0 Å². The summed E-state index contributed by atoms with van der Waals surface area (Å²) in [6.07, 6.45) is 3.64. The van der Waals surface area contributed by atoms with Crippen LogP contribution in [-0.2, 0) is 0 Å². The van der Waals surface area contributed by atoms with Crippen LogP contribution in [0.5, 0.6) is 0 Å². The van der Waals surface area contributed by atoms with E-state index in [1.165, 1.54) is 24.8 Å².